The van der Waals surface area contributed by atoms with Crippen molar-refractivity contribution >= 4 is 11.2 Å². The molecule has 0 unspecified atom stereocenters. The molecule has 0 bridgehead atoms. The van der Waals surface area contributed by atoms with E-state index in [0.717, 1.165) is 24.3 Å². The van der Waals surface area contributed by atoms with E-state index in [-0.39, 0.29) is 0 Å². The first kappa shape index (κ1) is 14.2. The number of rotatable bonds is 2. The van der Waals surface area contributed by atoms with E-state index in [1.807, 2.05) is 6.20 Å². The largest absolute Gasteiger partial charge is 0.317 e. The molecule has 4 rings (SSSR count). The smallest absolute Gasteiger partial charge is 0.160 e. The molecule has 2 aromatic rings. The molecular formula is C18H26N4. The number of hydrogen-bond donors (Lipinski definition) is 1. The van der Waals surface area contributed by atoms with E-state index in [2.05, 4.69) is 22.9 Å². The summed E-state index contributed by atoms with van der Waals surface area (Å²) in [5.74, 6) is 1.96. The molecule has 0 amide bonds. The fourth-order valence-corrected chi connectivity index (χ4v) is 4.17. The van der Waals surface area contributed by atoms with Crippen LogP contribution in [0.3, 0.4) is 0 Å². The summed E-state index contributed by atoms with van der Waals surface area (Å²) in [5, 5.41) is 3.48. The van der Waals surface area contributed by atoms with Crippen molar-refractivity contribution in [2.75, 3.05) is 13.1 Å². The highest BCUT2D eigenvalue weighted by Crippen LogP contribution is 2.36. The third-order valence-electron chi connectivity index (χ3n) is 5.34. The van der Waals surface area contributed by atoms with Gasteiger partial charge in [0.1, 0.15) is 11.3 Å². The lowest BCUT2D eigenvalue weighted by molar-refractivity contribution is 0.343. The van der Waals surface area contributed by atoms with Crippen LogP contribution in [-0.2, 0) is 0 Å². The summed E-state index contributed by atoms with van der Waals surface area (Å²) in [6.45, 7) is 4.33. The van der Waals surface area contributed by atoms with Crippen molar-refractivity contribution in [3.8, 4) is 0 Å². The molecule has 2 aliphatic rings. The topological polar surface area (TPSA) is 42.7 Å². The second kappa shape index (κ2) is 5.99. The van der Waals surface area contributed by atoms with Crippen molar-refractivity contribution < 1.29 is 0 Å². The van der Waals surface area contributed by atoms with E-state index in [1.54, 1.807) is 0 Å². The Hall–Kier alpha value is -1.42. The summed E-state index contributed by atoms with van der Waals surface area (Å²) in [5.41, 5.74) is 3.41. The standard InChI is InChI=1S/C18H26N4/c1-13-11-16-18(20-12-13)22(15-7-9-19-10-8-15)17(21-16)14-5-3-2-4-6-14/h11-12,14-15,19H,2-10H2,1H3. The number of hydrogen-bond acceptors (Lipinski definition) is 3. The van der Waals surface area contributed by atoms with E-state index in [0.29, 0.717) is 12.0 Å². The number of aryl methyl sites for hydroxylation is 1. The second-order valence-electron chi connectivity index (χ2n) is 7.01. The molecule has 118 valence electrons. The van der Waals surface area contributed by atoms with Crippen LogP contribution < -0.4 is 5.32 Å². The van der Waals surface area contributed by atoms with Crippen LogP contribution in [0.4, 0.5) is 0 Å². The van der Waals surface area contributed by atoms with Gasteiger partial charge < -0.3 is 9.88 Å². The van der Waals surface area contributed by atoms with Crippen molar-refractivity contribution in [3.63, 3.8) is 0 Å². The zero-order chi connectivity index (χ0) is 14.9. The Bertz CT molecular complexity index is 648. The van der Waals surface area contributed by atoms with Gasteiger partial charge in [-0.3, -0.25) is 0 Å². The van der Waals surface area contributed by atoms with Gasteiger partial charge in [0.05, 0.1) is 0 Å². The van der Waals surface area contributed by atoms with Crippen molar-refractivity contribution in [2.45, 2.75) is 63.8 Å². The van der Waals surface area contributed by atoms with E-state index in [4.69, 9.17) is 9.97 Å². The quantitative estimate of drug-likeness (QED) is 0.919. The average molecular weight is 298 g/mol. The molecule has 1 saturated carbocycles. The summed E-state index contributed by atoms with van der Waals surface area (Å²) in [7, 11) is 0. The molecule has 2 fully saturated rings. The highest BCUT2D eigenvalue weighted by molar-refractivity contribution is 5.72. The maximum absolute atomic E-state index is 5.05. The van der Waals surface area contributed by atoms with Gasteiger partial charge in [-0.15, -0.1) is 0 Å². The highest BCUT2D eigenvalue weighted by atomic mass is 15.2. The Morgan fingerprint density at radius 3 is 2.64 bits per heavy atom. The Morgan fingerprint density at radius 2 is 1.86 bits per heavy atom. The lowest BCUT2D eigenvalue weighted by atomic mass is 9.88. The third kappa shape index (κ3) is 2.54. The Morgan fingerprint density at radius 1 is 1.09 bits per heavy atom. The number of piperidine rings is 1. The normalized spacial score (nSPS) is 21.5. The predicted molar refractivity (Wildman–Crippen MR) is 89.2 cm³/mol. The van der Waals surface area contributed by atoms with E-state index in [1.165, 1.54) is 56.3 Å². The van der Waals surface area contributed by atoms with Crippen LogP contribution in [-0.4, -0.2) is 27.6 Å². The van der Waals surface area contributed by atoms with Crippen LogP contribution in [0.2, 0.25) is 0 Å². The molecule has 4 heteroatoms. The van der Waals surface area contributed by atoms with Gasteiger partial charge in [-0.05, 0) is 57.3 Å². The van der Waals surface area contributed by atoms with Crippen LogP contribution >= 0.6 is 0 Å². The van der Waals surface area contributed by atoms with Crippen LogP contribution in [0.5, 0.6) is 0 Å². The molecule has 0 aromatic carbocycles. The molecular weight excluding hydrogens is 272 g/mol. The number of aromatic nitrogens is 3. The van der Waals surface area contributed by atoms with E-state index in [9.17, 15) is 0 Å². The number of nitrogens with zero attached hydrogens (tertiary/aromatic N) is 3. The van der Waals surface area contributed by atoms with Crippen LogP contribution in [0, 0.1) is 6.92 Å². The van der Waals surface area contributed by atoms with Gasteiger partial charge in [0.25, 0.3) is 0 Å². The fourth-order valence-electron chi connectivity index (χ4n) is 4.17. The lowest BCUT2D eigenvalue weighted by Crippen LogP contribution is -2.30. The van der Waals surface area contributed by atoms with Crippen molar-refractivity contribution in [1.82, 2.24) is 19.9 Å². The van der Waals surface area contributed by atoms with Crippen LogP contribution in [0.1, 0.15) is 68.3 Å². The summed E-state index contributed by atoms with van der Waals surface area (Å²) < 4.78 is 2.51. The monoisotopic (exact) mass is 298 g/mol. The zero-order valence-electron chi connectivity index (χ0n) is 13.5. The summed E-state index contributed by atoms with van der Waals surface area (Å²) >= 11 is 0. The van der Waals surface area contributed by atoms with Crippen molar-refractivity contribution in [2.24, 2.45) is 0 Å². The second-order valence-corrected chi connectivity index (χ2v) is 7.01. The van der Waals surface area contributed by atoms with Crippen molar-refractivity contribution in [3.05, 3.63) is 23.7 Å². The van der Waals surface area contributed by atoms with Gasteiger partial charge in [-0.1, -0.05) is 19.3 Å². The Kier molecular flexibility index (Phi) is 3.87. The molecule has 0 radical (unpaired) electrons. The summed E-state index contributed by atoms with van der Waals surface area (Å²) in [4.78, 5) is 9.80. The first-order valence-electron chi connectivity index (χ1n) is 8.88. The average Bonchev–Trinajstić information content (AvgIpc) is 2.95. The van der Waals surface area contributed by atoms with Gasteiger partial charge >= 0.3 is 0 Å². The molecule has 2 aromatic heterocycles. The van der Waals surface area contributed by atoms with Crippen LogP contribution in [0.15, 0.2) is 12.3 Å². The van der Waals surface area contributed by atoms with Gasteiger partial charge in [0.15, 0.2) is 5.65 Å². The third-order valence-corrected chi connectivity index (χ3v) is 5.34. The Balaban J connectivity index is 1.81. The molecule has 0 spiro atoms. The molecule has 3 heterocycles. The van der Waals surface area contributed by atoms with E-state index >= 15 is 0 Å². The molecule has 1 N–H and O–H groups in total. The minimum atomic E-state index is 0.568. The van der Waals surface area contributed by atoms with Gasteiger partial charge in [-0.2, -0.15) is 0 Å². The van der Waals surface area contributed by atoms with Gasteiger partial charge in [0.2, 0.25) is 0 Å². The molecule has 1 aliphatic heterocycles. The van der Waals surface area contributed by atoms with Gasteiger partial charge in [-0.25, -0.2) is 9.97 Å². The molecule has 1 aliphatic carbocycles. The minimum Gasteiger partial charge on any atom is -0.317 e. The number of fused-ring (bicyclic) bond motifs is 1. The molecule has 22 heavy (non-hydrogen) atoms. The SMILES string of the molecule is Cc1cnc2c(c1)nc(C1CCCCC1)n2C1CCNCC1. The van der Waals surface area contributed by atoms with Gasteiger partial charge in [0, 0.05) is 18.2 Å². The summed E-state index contributed by atoms with van der Waals surface area (Å²) in [6, 6.07) is 2.77. The minimum absolute atomic E-state index is 0.568. The van der Waals surface area contributed by atoms with Crippen LogP contribution in [0.25, 0.3) is 11.2 Å². The number of pyridine rings is 1. The number of imidazole rings is 1. The first-order chi connectivity index (χ1) is 10.8. The highest BCUT2D eigenvalue weighted by Gasteiger charge is 2.27. The first-order valence-corrected chi connectivity index (χ1v) is 8.88. The molecule has 4 nitrogen and oxygen atoms in total. The predicted octanol–water partition coefficient (Wildman–Crippen LogP) is 3.71. The number of nitrogens with one attached hydrogen (secondary N) is 1. The maximum atomic E-state index is 5.05. The fraction of sp³-hybridized carbons (Fsp3) is 0.667. The maximum Gasteiger partial charge on any atom is 0.160 e. The van der Waals surface area contributed by atoms with E-state index < -0.39 is 0 Å². The summed E-state index contributed by atoms with van der Waals surface area (Å²) in [6.07, 6.45) is 11.1. The lowest BCUT2D eigenvalue weighted by Gasteiger charge is -2.29. The Labute approximate surface area is 132 Å². The molecule has 0 atom stereocenters. The molecule has 1 saturated heterocycles. The van der Waals surface area contributed by atoms with Crippen molar-refractivity contribution in [1.29, 1.82) is 0 Å². The zero-order valence-corrected chi connectivity index (χ0v) is 13.5.